The minimum absolute atomic E-state index is 0.224. The molecule has 6 heteroatoms. The number of guanidine groups is 1. The number of morpholine rings is 1. The summed E-state index contributed by atoms with van der Waals surface area (Å²) in [6.45, 7) is 12.5. The van der Waals surface area contributed by atoms with Gasteiger partial charge in [0.25, 0.3) is 0 Å². The van der Waals surface area contributed by atoms with Crippen molar-refractivity contribution in [1.29, 1.82) is 0 Å². The molecule has 0 spiro atoms. The first kappa shape index (κ1) is 20.9. The van der Waals surface area contributed by atoms with Crippen LogP contribution in [0.3, 0.4) is 0 Å². The standard InChI is InChI=1S/C21H41N5O/c1-5-22-20(23-17-21(24(3)4)9-6-7-18(2)15-21)26-10-8-19(16-26)25-11-13-27-14-12-25/h18-19H,5-17H2,1-4H3,(H,22,23). The maximum Gasteiger partial charge on any atom is 0.194 e. The topological polar surface area (TPSA) is 43.3 Å². The third-order valence-corrected chi connectivity index (χ3v) is 6.90. The molecule has 2 aliphatic heterocycles. The molecule has 0 aromatic carbocycles. The van der Waals surface area contributed by atoms with Crippen molar-refractivity contribution in [2.24, 2.45) is 10.9 Å². The summed E-state index contributed by atoms with van der Waals surface area (Å²) < 4.78 is 5.52. The Morgan fingerprint density at radius 2 is 2.00 bits per heavy atom. The zero-order valence-electron chi connectivity index (χ0n) is 18.0. The molecule has 27 heavy (non-hydrogen) atoms. The van der Waals surface area contributed by atoms with Crippen LogP contribution in [-0.4, -0.2) is 98.8 Å². The minimum Gasteiger partial charge on any atom is -0.379 e. The number of hydrogen-bond donors (Lipinski definition) is 1. The fourth-order valence-corrected chi connectivity index (χ4v) is 5.15. The quantitative estimate of drug-likeness (QED) is 0.584. The molecule has 0 bridgehead atoms. The Hall–Kier alpha value is -0.850. The summed E-state index contributed by atoms with van der Waals surface area (Å²) in [5, 5.41) is 3.57. The van der Waals surface area contributed by atoms with Crippen molar-refractivity contribution in [3.8, 4) is 0 Å². The Balaban J connectivity index is 1.65. The minimum atomic E-state index is 0.224. The van der Waals surface area contributed by atoms with Gasteiger partial charge in [0, 0.05) is 44.3 Å². The summed E-state index contributed by atoms with van der Waals surface area (Å²) >= 11 is 0. The second-order valence-corrected chi connectivity index (χ2v) is 9.03. The van der Waals surface area contributed by atoms with Gasteiger partial charge in [-0.05, 0) is 46.2 Å². The van der Waals surface area contributed by atoms with Crippen LogP contribution in [0.4, 0.5) is 0 Å². The summed E-state index contributed by atoms with van der Waals surface area (Å²) in [6.07, 6.45) is 6.46. The molecule has 2 saturated heterocycles. The Labute approximate surface area is 166 Å². The number of likely N-dealkylation sites (N-methyl/N-ethyl adjacent to an activating group) is 1. The highest BCUT2D eigenvalue weighted by molar-refractivity contribution is 5.80. The number of hydrogen-bond acceptors (Lipinski definition) is 4. The number of rotatable bonds is 5. The van der Waals surface area contributed by atoms with E-state index in [2.05, 4.69) is 48.0 Å². The first-order valence-corrected chi connectivity index (χ1v) is 11.1. The van der Waals surface area contributed by atoms with Gasteiger partial charge in [0.2, 0.25) is 0 Å². The third-order valence-electron chi connectivity index (χ3n) is 6.90. The lowest BCUT2D eigenvalue weighted by Gasteiger charge is -2.44. The van der Waals surface area contributed by atoms with Crippen LogP contribution < -0.4 is 5.32 Å². The van der Waals surface area contributed by atoms with Gasteiger partial charge < -0.3 is 19.9 Å². The van der Waals surface area contributed by atoms with Crippen molar-refractivity contribution >= 4 is 5.96 Å². The summed E-state index contributed by atoms with van der Waals surface area (Å²) in [5.74, 6) is 1.92. The van der Waals surface area contributed by atoms with Gasteiger partial charge >= 0.3 is 0 Å². The average molecular weight is 380 g/mol. The lowest BCUT2D eigenvalue weighted by molar-refractivity contribution is 0.0194. The van der Waals surface area contributed by atoms with E-state index in [9.17, 15) is 0 Å². The van der Waals surface area contributed by atoms with Gasteiger partial charge in [-0.15, -0.1) is 0 Å². The molecule has 1 saturated carbocycles. The lowest BCUT2D eigenvalue weighted by Crippen LogP contribution is -2.51. The molecule has 1 aliphatic carbocycles. The molecule has 3 atom stereocenters. The SMILES string of the molecule is CCNC(=NCC1(N(C)C)CCCC(C)C1)N1CCC(N2CCOCC2)C1. The number of aliphatic imine (C=N–C) groups is 1. The maximum absolute atomic E-state index is 5.52. The molecule has 2 heterocycles. The monoisotopic (exact) mass is 379 g/mol. The summed E-state index contributed by atoms with van der Waals surface area (Å²) in [6, 6.07) is 0.648. The normalized spacial score (nSPS) is 33.7. The predicted molar refractivity (Wildman–Crippen MR) is 112 cm³/mol. The van der Waals surface area contributed by atoms with Crippen molar-refractivity contribution in [2.75, 3.05) is 66.6 Å². The smallest absolute Gasteiger partial charge is 0.194 e. The predicted octanol–water partition coefficient (Wildman–Crippen LogP) is 1.87. The van der Waals surface area contributed by atoms with E-state index in [1.165, 1.54) is 32.1 Å². The molecule has 1 N–H and O–H groups in total. The Morgan fingerprint density at radius 3 is 2.67 bits per heavy atom. The first-order valence-electron chi connectivity index (χ1n) is 11.1. The number of likely N-dealkylation sites (tertiary alicyclic amines) is 1. The van der Waals surface area contributed by atoms with Crippen LogP contribution in [0.2, 0.25) is 0 Å². The summed E-state index contributed by atoms with van der Waals surface area (Å²) in [7, 11) is 4.48. The van der Waals surface area contributed by atoms with Gasteiger partial charge in [0.1, 0.15) is 0 Å². The molecule has 3 rings (SSSR count). The largest absolute Gasteiger partial charge is 0.379 e. The van der Waals surface area contributed by atoms with Crippen LogP contribution in [-0.2, 0) is 4.74 Å². The molecular formula is C21H41N5O. The van der Waals surface area contributed by atoms with Gasteiger partial charge in [-0.3, -0.25) is 9.89 Å². The van der Waals surface area contributed by atoms with Crippen LogP contribution in [0.1, 0.15) is 46.0 Å². The Morgan fingerprint density at radius 1 is 1.22 bits per heavy atom. The summed E-state index contributed by atoms with van der Waals surface area (Å²) in [4.78, 5) is 12.7. The van der Waals surface area contributed by atoms with E-state index in [0.717, 1.165) is 64.4 Å². The highest BCUT2D eigenvalue weighted by atomic mass is 16.5. The van der Waals surface area contributed by atoms with Gasteiger partial charge in [0.05, 0.1) is 19.8 Å². The van der Waals surface area contributed by atoms with Gasteiger partial charge in [-0.2, -0.15) is 0 Å². The van der Waals surface area contributed by atoms with Crippen molar-refractivity contribution in [1.82, 2.24) is 20.0 Å². The molecule has 0 aromatic heterocycles. The highest BCUT2D eigenvalue weighted by Crippen LogP contribution is 2.36. The zero-order chi connectivity index (χ0) is 19.3. The molecular weight excluding hydrogens is 338 g/mol. The van der Waals surface area contributed by atoms with E-state index in [0.29, 0.717) is 6.04 Å². The molecule has 3 aliphatic rings. The van der Waals surface area contributed by atoms with Crippen molar-refractivity contribution in [3.05, 3.63) is 0 Å². The van der Waals surface area contributed by atoms with Crippen LogP contribution >= 0.6 is 0 Å². The maximum atomic E-state index is 5.52. The zero-order valence-corrected chi connectivity index (χ0v) is 18.0. The highest BCUT2D eigenvalue weighted by Gasteiger charge is 2.37. The van der Waals surface area contributed by atoms with E-state index in [1.54, 1.807) is 0 Å². The average Bonchev–Trinajstić information content (AvgIpc) is 3.16. The van der Waals surface area contributed by atoms with Crippen LogP contribution in [0.5, 0.6) is 0 Å². The van der Waals surface area contributed by atoms with E-state index < -0.39 is 0 Å². The van der Waals surface area contributed by atoms with Gasteiger partial charge in [-0.1, -0.05) is 19.8 Å². The molecule has 6 nitrogen and oxygen atoms in total. The van der Waals surface area contributed by atoms with Gasteiger partial charge in [-0.25, -0.2) is 0 Å². The Kier molecular flexibility index (Phi) is 7.40. The number of ether oxygens (including phenoxy) is 1. The van der Waals surface area contributed by atoms with Crippen molar-refractivity contribution in [2.45, 2.75) is 57.5 Å². The fraction of sp³-hybridized carbons (Fsp3) is 0.952. The number of nitrogens with zero attached hydrogens (tertiary/aromatic N) is 4. The number of nitrogens with one attached hydrogen (secondary N) is 1. The second kappa shape index (κ2) is 9.57. The van der Waals surface area contributed by atoms with Crippen LogP contribution in [0.25, 0.3) is 0 Å². The van der Waals surface area contributed by atoms with E-state index in [1.807, 2.05) is 0 Å². The second-order valence-electron chi connectivity index (χ2n) is 9.03. The lowest BCUT2D eigenvalue weighted by atomic mass is 9.75. The molecule has 0 amide bonds. The first-order chi connectivity index (χ1) is 13.0. The van der Waals surface area contributed by atoms with Crippen molar-refractivity contribution in [3.63, 3.8) is 0 Å². The molecule has 0 aromatic rings. The van der Waals surface area contributed by atoms with Gasteiger partial charge in [0.15, 0.2) is 5.96 Å². The Bertz CT molecular complexity index is 491. The van der Waals surface area contributed by atoms with Crippen LogP contribution in [0, 0.1) is 5.92 Å². The summed E-state index contributed by atoms with van der Waals surface area (Å²) in [5.41, 5.74) is 0.224. The molecule has 3 fully saturated rings. The molecule has 156 valence electrons. The van der Waals surface area contributed by atoms with E-state index >= 15 is 0 Å². The van der Waals surface area contributed by atoms with E-state index in [-0.39, 0.29) is 5.54 Å². The fourth-order valence-electron chi connectivity index (χ4n) is 5.15. The van der Waals surface area contributed by atoms with Crippen LogP contribution in [0.15, 0.2) is 4.99 Å². The van der Waals surface area contributed by atoms with Crippen molar-refractivity contribution < 1.29 is 4.74 Å². The van der Waals surface area contributed by atoms with E-state index in [4.69, 9.17) is 9.73 Å². The molecule has 3 unspecified atom stereocenters. The molecule has 0 radical (unpaired) electrons. The third kappa shape index (κ3) is 5.15.